The van der Waals surface area contributed by atoms with Gasteiger partial charge in [-0.15, -0.1) is 0 Å². The third-order valence-corrected chi connectivity index (χ3v) is 5.75. The van der Waals surface area contributed by atoms with Gasteiger partial charge < -0.3 is 10.0 Å². The van der Waals surface area contributed by atoms with Crippen molar-refractivity contribution in [3.63, 3.8) is 0 Å². The summed E-state index contributed by atoms with van der Waals surface area (Å²) in [5, 5.41) is 8.57. The summed E-state index contributed by atoms with van der Waals surface area (Å²) in [5.41, 5.74) is 0.626. The molecule has 1 fully saturated rings. The second-order valence-electron chi connectivity index (χ2n) is 4.46. The fourth-order valence-corrected chi connectivity index (χ4v) is 5.03. The first-order chi connectivity index (χ1) is 8.95. The Bertz CT molecular complexity index is 562. The van der Waals surface area contributed by atoms with Gasteiger partial charge in [0.15, 0.2) is 9.84 Å². The number of hydrogen-bond donors (Lipinski definition) is 1. The number of sulfone groups is 1. The zero-order valence-electron chi connectivity index (χ0n) is 10.5. The normalized spacial score (nSPS) is 20.6. The van der Waals surface area contributed by atoms with E-state index >= 15 is 0 Å². The van der Waals surface area contributed by atoms with Crippen LogP contribution in [0.1, 0.15) is 5.56 Å². The molecular weight excluding hydrogens is 289 g/mol. The lowest BCUT2D eigenvalue weighted by Gasteiger charge is -2.37. The summed E-state index contributed by atoms with van der Waals surface area (Å²) in [6.45, 7) is 0.142. The van der Waals surface area contributed by atoms with Gasteiger partial charge in [-0.25, -0.2) is 12.8 Å². The largest absolute Gasteiger partial charge is 0.392 e. The number of hydrogen-bond acceptors (Lipinski definition) is 5. The van der Waals surface area contributed by atoms with Crippen molar-refractivity contribution in [2.24, 2.45) is 0 Å². The minimum atomic E-state index is -3.31. The van der Waals surface area contributed by atoms with Gasteiger partial charge in [0, 0.05) is 29.9 Å². The van der Waals surface area contributed by atoms with Crippen LogP contribution in [0.4, 0.5) is 10.1 Å². The van der Waals surface area contributed by atoms with Crippen LogP contribution in [0, 0.1) is 5.82 Å². The van der Waals surface area contributed by atoms with E-state index in [2.05, 4.69) is 0 Å². The van der Waals surface area contributed by atoms with E-state index in [-0.39, 0.29) is 12.3 Å². The lowest BCUT2D eigenvalue weighted by Crippen LogP contribution is -2.47. The Balaban J connectivity index is 2.49. The van der Waals surface area contributed by atoms with E-state index in [0.29, 0.717) is 17.9 Å². The minimum absolute atomic E-state index is 0.209. The maximum absolute atomic E-state index is 14.0. The van der Waals surface area contributed by atoms with Gasteiger partial charge in [0.05, 0.1) is 12.3 Å². The van der Waals surface area contributed by atoms with Crippen molar-refractivity contribution in [3.05, 3.63) is 29.6 Å². The number of rotatable bonds is 3. The maximum atomic E-state index is 14.0. The molecule has 1 aliphatic rings. The molecule has 1 aromatic carbocycles. The smallest absolute Gasteiger partial charge is 0.169 e. The predicted octanol–water partition coefficient (Wildman–Crippen LogP) is 1.24. The number of benzene rings is 1. The van der Waals surface area contributed by atoms with Gasteiger partial charge in [0.25, 0.3) is 0 Å². The highest BCUT2D eigenvalue weighted by atomic mass is 32.2. The molecule has 1 atom stereocenters. The Morgan fingerprint density at radius 1 is 1.53 bits per heavy atom. The molecule has 0 radical (unpaired) electrons. The molecule has 106 valence electrons. The summed E-state index contributed by atoms with van der Waals surface area (Å²) < 4.78 is 37.7. The molecule has 19 heavy (non-hydrogen) atoms. The van der Waals surface area contributed by atoms with Gasteiger partial charge in [-0.2, -0.15) is 11.8 Å². The van der Waals surface area contributed by atoms with Crippen LogP contribution in [0.2, 0.25) is 0 Å². The number of aliphatic hydroxyl groups is 1. The van der Waals surface area contributed by atoms with E-state index in [0.717, 1.165) is 12.0 Å². The fraction of sp³-hybridized carbons (Fsp3) is 0.500. The Morgan fingerprint density at radius 2 is 2.26 bits per heavy atom. The zero-order valence-corrected chi connectivity index (χ0v) is 12.2. The number of para-hydroxylation sites is 1. The zero-order chi connectivity index (χ0) is 14.0. The van der Waals surface area contributed by atoms with E-state index in [4.69, 9.17) is 0 Å². The highest BCUT2D eigenvalue weighted by molar-refractivity contribution is 8.01. The van der Waals surface area contributed by atoms with Gasteiger partial charge in [-0.3, -0.25) is 0 Å². The molecule has 1 aromatic rings. The first-order valence-electron chi connectivity index (χ1n) is 5.86. The van der Waals surface area contributed by atoms with Crippen molar-refractivity contribution >= 4 is 27.3 Å². The number of halogens is 1. The van der Waals surface area contributed by atoms with Crippen LogP contribution in [0.5, 0.6) is 0 Å². The number of nitrogens with zero attached hydrogens (tertiary/aromatic N) is 1. The number of anilines is 1. The van der Waals surface area contributed by atoms with E-state index in [1.165, 1.54) is 12.1 Å². The van der Waals surface area contributed by atoms with Gasteiger partial charge in [-0.1, -0.05) is 12.1 Å². The molecule has 0 bridgehead atoms. The third-order valence-electron chi connectivity index (χ3n) is 3.11. The van der Waals surface area contributed by atoms with Crippen molar-refractivity contribution in [3.8, 4) is 0 Å². The van der Waals surface area contributed by atoms with Crippen LogP contribution in [0.3, 0.4) is 0 Å². The first kappa shape index (κ1) is 14.6. The predicted molar refractivity (Wildman–Crippen MR) is 75.6 cm³/mol. The molecule has 4 nitrogen and oxygen atoms in total. The van der Waals surface area contributed by atoms with E-state index in [1.54, 1.807) is 22.7 Å². The van der Waals surface area contributed by atoms with Gasteiger partial charge in [0.1, 0.15) is 11.2 Å². The van der Waals surface area contributed by atoms with Crippen LogP contribution in [-0.2, 0) is 16.4 Å². The molecule has 0 aromatic heterocycles. The Kier molecular flexibility index (Phi) is 4.37. The summed E-state index contributed by atoms with van der Waals surface area (Å²) in [7, 11) is -3.31. The van der Waals surface area contributed by atoms with E-state index in [9.17, 15) is 17.9 Å². The van der Waals surface area contributed by atoms with Crippen LogP contribution in [0.25, 0.3) is 0 Å². The van der Waals surface area contributed by atoms with Crippen LogP contribution >= 0.6 is 11.8 Å². The summed E-state index contributed by atoms with van der Waals surface area (Å²) >= 11 is 1.54. The van der Waals surface area contributed by atoms with Crippen molar-refractivity contribution in [1.29, 1.82) is 0 Å². The summed E-state index contributed by atoms with van der Waals surface area (Å²) in [6.07, 6.45) is 1.16. The highest BCUT2D eigenvalue weighted by Gasteiger charge is 2.33. The second-order valence-corrected chi connectivity index (χ2v) is 7.81. The average molecular weight is 305 g/mol. The van der Waals surface area contributed by atoms with Crippen molar-refractivity contribution in [2.45, 2.75) is 12.0 Å². The molecule has 0 spiro atoms. The minimum Gasteiger partial charge on any atom is -0.392 e. The summed E-state index contributed by atoms with van der Waals surface area (Å²) in [5.74, 6) is 0.663. The quantitative estimate of drug-likeness (QED) is 0.910. The molecular formula is C12H16FNO3S2. The van der Waals surface area contributed by atoms with Crippen LogP contribution < -0.4 is 4.90 Å². The standard InChI is InChI=1S/C12H16FNO3S2/c1-19(16,17)11-8-18-6-5-14(11)12-9(7-15)3-2-4-10(12)13/h2-4,11,15H,5-8H2,1H3. The topological polar surface area (TPSA) is 57.6 Å². The molecule has 1 saturated heterocycles. The van der Waals surface area contributed by atoms with Gasteiger partial charge in [0.2, 0.25) is 0 Å². The van der Waals surface area contributed by atoms with Crippen LogP contribution in [-0.4, -0.2) is 43.2 Å². The molecule has 1 N–H and O–H groups in total. The molecule has 7 heteroatoms. The van der Waals surface area contributed by atoms with Crippen molar-refractivity contribution in [2.75, 3.05) is 29.2 Å². The van der Waals surface area contributed by atoms with Gasteiger partial charge in [-0.05, 0) is 6.07 Å². The first-order valence-corrected chi connectivity index (χ1v) is 8.97. The van der Waals surface area contributed by atoms with Crippen molar-refractivity contribution < 1.29 is 17.9 Å². The van der Waals surface area contributed by atoms with Crippen molar-refractivity contribution in [1.82, 2.24) is 0 Å². The van der Waals surface area contributed by atoms with Crippen LogP contribution in [0.15, 0.2) is 18.2 Å². The Hall–Kier alpha value is -0.790. The Morgan fingerprint density at radius 3 is 2.89 bits per heavy atom. The average Bonchev–Trinajstić information content (AvgIpc) is 2.37. The highest BCUT2D eigenvalue weighted by Crippen LogP contribution is 2.31. The number of thioether (sulfide) groups is 1. The second kappa shape index (κ2) is 5.68. The lowest BCUT2D eigenvalue weighted by atomic mass is 10.1. The fourth-order valence-electron chi connectivity index (χ4n) is 2.20. The molecule has 0 saturated carbocycles. The molecule has 1 aliphatic heterocycles. The monoisotopic (exact) mass is 305 g/mol. The third kappa shape index (κ3) is 3.04. The molecule has 1 unspecified atom stereocenters. The molecule has 1 heterocycles. The summed E-state index contributed by atoms with van der Waals surface area (Å²) in [6, 6.07) is 4.41. The molecule has 0 aliphatic carbocycles. The molecule has 2 rings (SSSR count). The van der Waals surface area contributed by atoms with E-state index in [1.807, 2.05) is 0 Å². The maximum Gasteiger partial charge on any atom is 0.169 e. The lowest BCUT2D eigenvalue weighted by molar-refractivity contribution is 0.281. The SMILES string of the molecule is CS(=O)(=O)C1CSCCN1c1c(F)cccc1CO. The number of aliphatic hydroxyl groups excluding tert-OH is 1. The van der Waals surface area contributed by atoms with E-state index < -0.39 is 21.0 Å². The Labute approximate surface area is 116 Å². The summed E-state index contributed by atoms with van der Waals surface area (Å²) in [4.78, 5) is 1.56. The van der Waals surface area contributed by atoms with Gasteiger partial charge >= 0.3 is 0 Å². The molecule has 0 amide bonds.